The highest BCUT2D eigenvalue weighted by atomic mass is 35.5. The number of hydrogen-bond donors (Lipinski definition) is 0. The van der Waals surface area contributed by atoms with Crippen molar-refractivity contribution in [3.63, 3.8) is 0 Å². The molecule has 0 N–H and O–H groups in total. The number of nitriles is 1. The fourth-order valence-electron chi connectivity index (χ4n) is 2.66. The average Bonchev–Trinajstić information content (AvgIpc) is 2.45. The Bertz CT molecular complexity index is 816. The van der Waals surface area contributed by atoms with E-state index in [0.717, 1.165) is 16.7 Å². The molecule has 0 amide bonds. The first-order valence-electron chi connectivity index (χ1n) is 6.82. The lowest BCUT2D eigenvalue weighted by molar-refractivity contribution is 0.149. The Morgan fingerprint density at radius 2 is 1.82 bits per heavy atom. The predicted octanol–water partition coefficient (Wildman–Crippen LogP) is 4.98. The quantitative estimate of drug-likeness (QED) is 0.744. The van der Waals surface area contributed by atoms with Gasteiger partial charge >= 0.3 is 0 Å². The Labute approximate surface area is 133 Å². The molecule has 0 radical (unpaired) electrons. The topological polar surface area (TPSA) is 33.0 Å². The summed E-state index contributed by atoms with van der Waals surface area (Å²) in [7, 11) is 0. The van der Waals surface area contributed by atoms with Gasteiger partial charge in [-0.15, -0.1) is 0 Å². The van der Waals surface area contributed by atoms with Crippen molar-refractivity contribution in [3.8, 4) is 11.8 Å². The molecule has 3 rings (SSSR count). The van der Waals surface area contributed by atoms with Crippen LogP contribution in [0.4, 0.5) is 4.39 Å². The zero-order valence-electron chi connectivity index (χ0n) is 12.2. The third kappa shape index (κ3) is 2.36. The van der Waals surface area contributed by atoms with Crippen LogP contribution >= 0.6 is 11.6 Å². The van der Waals surface area contributed by atoms with Gasteiger partial charge in [-0.05, 0) is 49.7 Å². The van der Waals surface area contributed by atoms with Gasteiger partial charge in [-0.1, -0.05) is 23.7 Å². The van der Waals surface area contributed by atoms with E-state index in [0.29, 0.717) is 16.3 Å². The summed E-state index contributed by atoms with van der Waals surface area (Å²) in [6, 6.07) is 13.7. The molecule has 2 aromatic rings. The highest BCUT2D eigenvalue weighted by molar-refractivity contribution is 6.30. The van der Waals surface area contributed by atoms with E-state index in [-0.39, 0.29) is 5.82 Å². The molecule has 0 aromatic heterocycles. The van der Waals surface area contributed by atoms with E-state index < -0.39 is 5.60 Å². The number of fused-ring (bicyclic) bond motifs is 1. The van der Waals surface area contributed by atoms with E-state index in [2.05, 4.69) is 6.07 Å². The van der Waals surface area contributed by atoms with Gasteiger partial charge < -0.3 is 4.74 Å². The SMILES string of the molecule is CC1(C)Oc2cc(Cl)ccc2C(c2ccc(F)cc2)=C1C#N. The summed E-state index contributed by atoms with van der Waals surface area (Å²) in [5.41, 5.74) is 2.04. The van der Waals surface area contributed by atoms with Gasteiger partial charge in [-0.2, -0.15) is 5.26 Å². The summed E-state index contributed by atoms with van der Waals surface area (Å²) in [4.78, 5) is 0. The van der Waals surface area contributed by atoms with Gasteiger partial charge in [0, 0.05) is 16.2 Å². The maximum absolute atomic E-state index is 13.2. The maximum atomic E-state index is 13.2. The standard InChI is InChI=1S/C18H13ClFNO/c1-18(2)15(10-21)17(11-3-6-13(20)7-4-11)14-8-5-12(19)9-16(14)22-18/h3-9H,1-2H3. The van der Waals surface area contributed by atoms with Crippen molar-refractivity contribution in [1.29, 1.82) is 5.26 Å². The highest BCUT2D eigenvalue weighted by Crippen LogP contribution is 2.44. The second kappa shape index (κ2) is 5.15. The third-order valence-electron chi connectivity index (χ3n) is 3.67. The largest absolute Gasteiger partial charge is 0.482 e. The van der Waals surface area contributed by atoms with E-state index in [1.807, 2.05) is 19.9 Å². The van der Waals surface area contributed by atoms with Crippen LogP contribution in [0.2, 0.25) is 5.02 Å². The molecule has 0 unspecified atom stereocenters. The molecule has 4 heteroatoms. The minimum atomic E-state index is -0.782. The van der Waals surface area contributed by atoms with Crippen LogP contribution in [0.5, 0.6) is 5.75 Å². The van der Waals surface area contributed by atoms with Gasteiger partial charge in [0.05, 0.1) is 11.6 Å². The van der Waals surface area contributed by atoms with Crippen molar-refractivity contribution in [2.45, 2.75) is 19.4 Å². The van der Waals surface area contributed by atoms with Gasteiger partial charge in [0.1, 0.15) is 17.2 Å². The van der Waals surface area contributed by atoms with Gasteiger partial charge in [-0.25, -0.2) is 4.39 Å². The van der Waals surface area contributed by atoms with Gasteiger partial charge in [0.15, 0.2) is 0 Å². The van der Waals surface area contributed by atoms with E-state index in [1.165, 1.54) is 12.1 Å². The molecule has 0 fully saturated rings. The van der Waals surface area contributed by atoms with Crippen molar-refractivity contribution in [3.05, 3.63) is 70.0 Å². The molecule has 22 heavy (non-hydrogen) atoms. The average molecular weight is 314 g/mol. The number of benzene rings is 2. The van der Waals surface area contributed by atoms with Crippen molar-refractivity contribution in [2.24, 2.45) is 0 Å². The van der Waals surface area contributed by atoms with Crippen LogP contribution in [0.1, 0.15) is 25.0 Å². The molecule has 0 saturated carbocycles. The third-order valence-corrected chi connectivity index (χ3v) is 3.91. The molecule has 1 aliphatic rings. The van der Waals surface area contributed by atoms with Crippen molar-refractivity contribution in [1.82, 2.24) is 0 Å². The summed E-state index contributed by atoms with van der Waals surface area (Å²) in [6.07, 6.45) is 0. The highest BCUT2D eigenvalue weighted by Gasteiger charge is 2.35. The van der Waals surface area contributed by atoms with E-state index in [1.54, 1.807) is 24.3 Å². The fourth-order valence-corrected chi connectivity index (χ4v) is 2.82. The van der Waals surface area contributed by atoms with Crippen LogP contribution in [0.3, 0.4) is 0 Å². The van der Waals surface area contributed by atoms with Crippen LogP contribution < -0.4 is 4.74 Å². The molecule has 0 aliphatic carbocycles. The number of nitrogens with zero attached hydrogens (tertiary/aromatic N) is 1. The Morgan fingerprint density at radius 3 is 2.45 bits per heavy atom. The molecule has 110 valence electrons. The summed E-state index contributed by atoms with van der Waals surface area (Å²) in [5, 5.41) is 10.2. The Morgan fingerprint density at radius 1 is 1.14 bits per heavy atom. The summed E-state index contributed by atoms with van der Waals surface area (Å²) < 4.78 is 19.2. The van der Waals surface area contributed by atoms with Crippen LogP contribution in [-0.4, -0.2) is 5.60 Å². The van der Waals surface area contributed by atoms with Gasteiger partial charge in [0.2, 0.25) is 0 Å². The van der Waals surface area contributed by atoms with E-state index in [4.69, 9.17) is 16.3 Å². The lowest BCUT2D eigenvalue weighted by atomic mass is 9.83. The zero-order valence-corrected chi connectivity index (χ0v) is 12.9. The predicted molar refractivity (Wildman–Crippen MR) is 84.2 cm³/mol. The molecule has 1 heterocycles. The zero-order chi connectivity index (χ0) is 15.9. The summed E-state index contributed by atoms with van der Waals surface area (Å²) in [5.74, 6) is 0.307. The first-order chi connectivity index (χ1) is 10.4. The molecule has 2 aromatic carbocycles. The van der Waals surface area contributed by atoms with Crippen molar-refractivity contribution < 1.29 is 9.13 Å². The van der Waals surface area contributed by atoms with Crippen molar-refractivity contribution >= 4 is 17.2 Å². The maximum Gasteiger partial charge on any atom is 0.139 e. The van der Waals surface area contributed by atoms with Crippen LogP contribution in [0.15, 0.2) is 48.0 Å². The Kier molecular flexibility index (Phi) is 3.42. The smallest absolute Gasteiger partial charge is 0.139 e. The molecule has 0 spiro atoms. The normalized spacial score (nSPS) is 15.8. The number of ether oxygens (including phenoxy) is 1. The lowest BCUT2D eigenvalue weighted by Gasteiger charge is -2.34. The molecule has 0 atom stereocenters. The Hall–Kier alpha value is -2.31. The van der Waals surface area contributed by atoms with E-state index in [9.17, 15) is 9.65 Å². The van der Waals surface area contributed by atoms with Gasteiger partial charge in [0.25, 0.3) is 0 Å². The molecule has 1 aliphatic heterocycles. The molecular weight excluding hydrogens is 301 g/mol. The van der Waals surface area contributed by atoms with Crippen LogP contribution in [0.25, 0.3) is 5.57 Å². The second-order valence-corrected chi connectivity index (χ2v) is 6.06. The first kappa shape index (κ1) is 14.6. The molecule has 2 nitrogen and oxygen atoms in total. The molecule has 0 bridgehead atoms. The van der Waals surface area contributed by atoms with Gasteiger partial charge in [-0.3, -0.25) is 0 Å². The second-order valence-electron chi connectivity index (χ2n) is 5.62. The minimum absolute atomic E-state index is 0.314. The fraction of sp³-hybridized carbons (Fsp3) is 0.167. The summed E-state index contributed by atoms with van der Waals surface area (Å²) in [6.45, 7) is 3.66. The monoisotopic (exact) mass is 313 g/mol. The van der Waals surface area contributed by atoms with Crippen LogP contribution in [0, 0.1) is 17.1 Å². The molecular formula is C18H13ClFNO. The van der Waals surface area contributed by atoms with Crippen molar-refractivity contribution in [2.75, 3.05) is 0 Å². The van der Waals surface area contributed by atoms with E-state index >= 15 is 0 Å². The number of halogens is 2. The molecule has 0 saturated heterocycles. The first-order valence-corrected chi connectivity index (χ1v) is 7.20. The Balaban J connectivity index is 2.33. The minimum Gasteiger partial charge on any atom is -0.482 e. The summed E-state index contributed by atoms with van der Waals surface area (Å²) >= 11 is 6.04. The number of rotatable bonds is 1. The lowest BCUT2D eigenvalue weighted by Crippen LogP contribution is -2.34. The van der Waals surface area contributed by atoms with Crippen LogP contribution in [-0.2, 0) is 0 Å². The number of hydrogen-bond acceptors (Lipinski definition) is 2.